The van der Waals surface area contributed by atoms with Crippen molar-refractivity contribution in [3.8, 4) is 5.75 Å². The van der Waals surface area contributed by atoms with Crippen molar-refractivity contribution >= 4 is 12.2 Å². The molecule has 1 amide bonds. The van der Waals surface area contributed by atoms with Crippen molar-refractivity contribution in [3.63, 3.8) is 0 Å². The second-order valence-electron chi connectivity index (χ2n) is 4.70. The minimum atomic E-state index is -0.200. The third-order valence-corrected chi connectivity index (χ3v) is 3.08. The Morgan fingerprint density at radius 3 is 2.95 bits per heavy atom. The summed E-state index contributed by atoms with van der Waals surface area (Å²) in [5.41, 5.74) is 0.940. The van der Waals surface area contributed by atoms with Gasteiger partial charge in [0.15, 0.2) is 12.9 Å². The van der Waals surface area contributed by atoms with Gasteiger partial charge in [0, 0.05) is 24.9 Å². The first-order chi connectivity index (χ1) is 9.69. The number of nitrogens with zero attached hydrogens (tertiary/aromatic N) is 1. The van der Waals surface area contributed by atoms with Crippen molar-refractivity contribution < 1.29 is 19.1 Å². The van der Waals surface area contributed by atoms with E-state index in [0.717, 1.165) is 18.5 Å². The van der Waals surface area contributed by atoms with E-state index in [1.807, 2.05) is 0 Å². The molecule has 0 spiro atoms. The predicted molar refractivity (Wildman–Crippen MR) is 71.8 cm³/mol. The number of hydrogen-bond donors (Lipinski definition) is 1. The molecule has 1 fully saturated rings. The molecule has 0 unspecified atom stereocenters. The molecule has 0 bridgehead atoms. The maximum atomic E-state index is 11.8. The average Bonchev–Trinajstić information content (AvgIpc) is 2.47. The number of aryl methyl sites for hydroxylation is 1. The molecule has 1 aliphatic heterocycles. The lowest BCUT2D eigenvalue weighted by molar-refractivity contribution is -0.124. The topological polar surface area (TPSA) is 77.5 Å². The number of rotatable bonds is 5. The zero-order valence-electron chi connectivity index (χ0n) is 11.4. The highest BCUT2D eigenvalue weighted by Gasteiger charge is 2.16. The van der Waals surface area contributed by atoms with Crippen LogP contribution in [0, 0.1) is 6.92 Å². The van der Waals surface area contributed by atoms with Gasteiger partial charge in [-0.15, -0.1) is 0 Å². The van der Waals surface area contributed by atoms with Crippen LogP contribution in [0.15, 0.2) is 12.1 Å². The van der Waals surface area contributed by atoms with Gasteiger partial charge in [-0.1, -0.05) is 0 Å². The van der Waals surface area contributed by atoms with Gasteiger partial charge in [0.1, 0.15) is 11.4 Å². The molecule has 1 aliphatic rings. The first-order valence-corrected chi connectivity index (χ1v) is 6.62. The van der Waals surface area contributed by atoms with Crippen LogP contribution in [-0.2, 0) is 9.53 Å². The predicted octanol–water partition coefficient (Wildman–Crippen LogP) is 0.877. The van der Waals surface area contributed by atoms with Crippen molar-refractivity contribution in [1.29, 1.82) is 0 Å². The van der Waals surface area contributed by atoms with Crippen LogP contribution in [0.5, 0.6) is 5.75 Å². The van der Waals surface area contributed by atoms with Crippen molar-refractivity contribution in [1.82, 2.24) is 10.3 Å². The lowest BCUT2D eigenvalue weighted by Gasteiger charge is -2.23. The van der Waals surface area contributed by atoms with Crippen LogP contribution in [0.3, 0.4) is 0 Å². The molecule has 6 nitrogen and oxygen atoms in total. The Balaban J connectivity index is 1.85. The van der Waals surface area contributed by atoms with Crippen LogP contribution in [0.25, 0.3) is 0 Å². The quantitative estimate of drug-likeness (QED) is 0.809. The summed E-state index contributed by atoms with van der Waals surface area (Å²) in [5, 5.41) is 2.89. The Morgan fingerprint density at radius 1 is 1.50 bits per heavy atom. The fourth-order valence-corrected chi connectivity index (χ4v) is 2.03. The van der Waals surface area contributed by atoms with Crippen molar-refractivity contribution in [2.24, 2.45) is 0 Å². The third-order valence-electron chi connectivity index (χ3n) is 3.08. The maximum Gasteiger partial charge on any atom is 0.258 e. The fraction of sp³-hybridized carbons (Fsp3) is 0.500. The van der Waals surface area contributed by atoms with Crippen LogP contribution < -0.4 is 10.1 Å². The largest absolute Gasteiger partial charge is 0.481 e. The van der Waals surface area contributed by atoms with E-state index in [0.29, 0.717) is 25.2 Å². The highest BCUT2D eigenvalue weighted by atomic mass is 16.5. The van der Waals surface area contributed by atoms with E-state index in [1.165, 1.54) is 0 Å². The number of ether oxygens (including phenoxy) is 2. The van der Waals surface area contributed by atoms with Gasteiger partial charge in [-0.3, -0.25) is 9.59 Å². The summed E-state index contributed by atoms with van der Waals surface area (Å²) in [4.78, 5) is 26.7. The SMILES string of the molecule is Cc1ccc(OCC(=O)NC2CCOCC2)c(C=O)n1. The summed E-state index contributed by atoms with van der Waals surface area (Å²) in [6, 6.07) is 3.52. The molecule has 1 N–H and O–H groups in total. The van der Waals surface area contributed by atoms with E-state index < -0.39 is 0 Å². The van der Waals surface area contributed by atoms with E-state index in [2.05, 4.69) is 10.3 Å². The molecule has 20 heavy (non-hydrogen) atoms. The molecule has 2 heterocycles. The number of aldehydes is 1. The first-order valence-electron chi connectivity index (χ1n) is 6.62. The van der Waals surface area contributed by atoms with Crippen LogP contribution >= 0.6 is 0 Å². The number of hydrogen-bond acceptors (Lipinski definition) is 5. The van der Waals surface area contributed by atoms with Gasteiger partial charge in [-0.05, 0) is 31.9 Å². The van der Waals surface area contributed by atoms with Crippen LogP contribution in [0.4, 0.5) is 0 Å². The Morgan fingerprint density at radius 2 is 2.25 bits per heavy atom. The molecular formula is C14H18N2O4. The Bertz CT molecular complexity index is 484. The lowest BCUT2D eigenvalue weighted by atomic mass is 10.1. The molecule has 0 aromatic carbocycles. The van der Waals surface area contributed by atoms with E-state index in [1.54, 1.807) is 19.1 Å². The van der Waals surface area contributed by atoms with Gasteiger partial charge >= 0.3 is 0 Å². The summed E-state index contributed by atoms with van der Waals surface area (Å²) in [6.07, 6.45) is 2.26. The number of nitrogens with one attached hydrogen (secondary N) is 1. The van der Waals surface area contributed by atoms with Gasteiger partial charge in [0.2, 0.25) is 0 Å². The van der Waals surface area contributed by atoms with E-state index in [-0.39, 0.29) is 24.2 Å². The Labute approximate surface area is 117 Å². The summed E-state index contributed by atoms with van der Waals surface area (Å²) in [7, 11) is 0. The zero-order valence-corrected chi connectivity index (χ0v) is 11.4. The van der Waals surface area contributed by atoms with Crippen LogP contribution in [0.1, 0.15) is 29.0 Å². The van der Waals surface area contributed by atoms with E-state index in [4.69, 9.17) is 9.47 Å². The summed E-state index contributed by atoms with van der Waals surface area (Å²) in [6.45, 7) is 3.00. The molecule has 1 aromatic heterocycles. The first kappa shape index (κ1) is 14.5. The van der Waals surface area contributed by atoms with Crippen molar-refractivity contribution in [3.05, 3.63) is 23.5 Å². The molecule has 108 valence electrons. The third kappa shape index (κ3) is 4.03. The molecular weight excluding hydrogens is 260 g/mol. The minimum Gasteiger partial charge on any atom is -0.481 e. The summed E-state index contributed by atoms with van der Waals surface area (Å²) < 4.78 is 10.6. The van der Waals surface area contributed by atoms with Gasteiger partial charge in [-0.2, -0.15) is 0 Å². The van der Waals surface area contributed by atoms with Gasteiger partial charge in [0.05, 0.1) is 0 Å². The summed E-state index contributed by atoms with van der Waals surface area (Å²) in [5.74, 6) is 0.127. The highest BCUT2D eigenvalue weighted by Crippen LogP contribution is 2.14. The molecule has 1 aromatic rings. The second kappa shape index (κ2) is 7.00. The molecule has 0 radical (unpaired) electrons. The van der Waals surface area contributed by atoms with E-state index >= 15 is 0 Å². The molecule has 2 rings (SSSR count). The fourth-order valence-electron chi connectivity index (χ4n) is 2.03. The minimum absolute atomic E-state index is 0.122. The zero-order chi connectivity index (χ0) is 14.4. The average molecular weight is 278 g/mol. The maximum absolute atomic E-state index is 11.8. The number of carbonyl (C=O) groups is 2. The monoisotopic (exact) mass is 278 g/mol. The van der Waals surface area contributed by atoms with Crippen LogP contribution in [0.2, 0.25) is 0 Å². The molecule has 0 atom stereocenters. The number of carbonyl (C=O) groups excluding carboxylic acids is 2. The van der Waals surface area contributed by atoms with Gasteiger partial charge < -0.3 is 14.8 Å². The normalized spacial score (nSPS) is 15.7. The number of aromatic nitrogens is 1. The molecule has 1 saturated heterocycles. The standard InChI is InChI=1S/C14H18N2O4/c1-10-2-3-13(12(8-17)15-10)20-9-14(18)16-11-4-6-19-7-5-11/h2-3,8,11H,4-7,9H2,1H3,(H,16,18). The van der Waals surface area contributed by atoms with E-state index in [9.17, 15) is 9.59 Å². The molecule has 0 saturated carbocycles. The van der Waals surface area contributed by atoms with Gasteiger partial charge in [-0.25, -0.2) is 4.98 Å². The van der Waals surface area contributed by atoms with Crippen molar-refractivity contribution in [2.75, 3.05) is 19.8 Å². The molecule has 6 heteroatoms. The van der Waals surface area contributed by atoms with Crippen molar-refractivity contribution in [2.45, 2.75) is 25.8 Å². The van der Waals surface area contributed by atoms with Crippen LogP contribution in [-0.4, -0.2) is 43.0 Å². The van der Waals surface area contributed by atoms with Gasteiger partial charge in [0.25, 0.3) is 5.91 Å². The molecule has 0 aliphatic carbocycles. The Kier molecular flexibility index (Phi) is 5.06. The number of pyridine rings is 1. The number of amides is 1. The highest BCUT2D eigenvalue weighted by molar-refractivity contribution is 5.79. The second-order valence-corrected chi connectivity index (χ2v) is 4.70. The Hall–Kier alpha value is -1.95. The smallest absolute Gasteiger partial charge is 0.258 e. The summed E-state index contributed by atoms with van der Waals surface area (Å²) >= 11 is 0. The lowest BCUT2D eigenvalue weighted by Crippen LogP contribution is -2.41.